The predicted molar refractivity (Wildman–Crippen MR) is 119 cm³/mol. The third-order valence-corrected chi connectivity index (χ3v) is 4.60. The highest BCUT2D eigenvalue weighted by Gasteiger charge is 2.22. The number of aryl methyl sites for hydroxylation is 3. The van der Waals surface area contributed by atoms with E-state index in [0.29, 0.717) is 5.56 Å². The Balaban J connectivity index is 1.85. The molecule has 0 amide bonds. The lowest BCUT2D eigenvalue weighted by molar-refractivity contribution is -0.386. The molecule has 0 aliphatic heterocycles. The summed E-state index contributed by atoms with van der Waals surface area (Å²) < 4.78 is 11.1. The van der Waals surface area contributed by atoms with E-state index in [9.17, 15) is 14.9 Å². The number of nitro benzene ring substituents is 1. The van der Waals surface area contributed by atoms with Gasteiger partial charge in [-0.05, 0) is 38.0 Å². The monoisotopic (exact) mass is 438 g/mol. The number of benzene rings is 2. The first kappa shape index (κ1) is 22.4. The molecule has 0 unspecified atom stereocenters. The number of rotatable bonds is 8. The standard InChI is InChI=1S/C21H22N6O5/c1-12-5-6-13(2)16(7-12)11-32-19-17(27(29)30)8-15(9-18(19)31-4)10-22-25-21-23-20(28)14(3)24-26-21/h5-10H,11H2,1-4H3,(H2,23,25,26,28)/b22-10+. The fourth-order valence-electron chi connectivity index (χ4n) is 2.83. The van der Waals surface area contributed by atoms with E-state index >= 15 is 0 Å². The first-order valence-corrected chi connectivity index (χ1v) is 9.56. The Bertz CT molecular complexity index is 1240. The number of H-pyrrole nitrogens is 1. The normalized spacial score (nSPS) is 10.9. The molecular weight excluding hydrogens is 416 g/mol. The third kappa shape index (κ3) is 5.25. The maximum atomic E-state index is 11.7. The van der Waals surface area contributed by atoms with Crippen LogP contribution in [0, 0.1) is 30.9 Å². The van der Waals surface area contributed by atoms with Crippen molar-refractivity contribution < 1.29 is 14.4 Å². The van der Waals surface area contributed by atoms with Crippen molar-refractivity contribution in [1.29, 1.82) is 0 Å². The fraction of sp³-hybridized carbons (Fsp3) is 0.238. The van der Waals surface area contributed by atoms with Gasteiger partial charge in [0, 0.05) is 11.6 Å². The lowest BCUT2D eigenvalue weighted by Gasteiger charge is -2.13. The van der Waals surface area contributed by atoms with Gasteiger partial charge in [0.15, 0.2) is 5.75 Å². The minimum atomic E-state index is -0.547. The molecule has 0 fully saturated rings. The summed E-state index contributed by atoms with van der Waals surface area (Å²) in [6.45, 7) is 5.58. The van der Waals surface area contributed by atoms with Crippen molar-refractivity contribution >= 4 is 17.9 Å². The van der Waals surface area contributed by atoms with E-state index in [1.165, 1.54) is 26.3 Å². The van der Waals surface area contributed by atoms with Crippen molar-refractivity contribution in [3.63, 3.8) is 0 Å². The largest absolute Gasteiger partial charge is 0.493 e. The first-order chi connectivity index (χ1) is 15.3. The van der Waals surface area contributed by atoms with E-state index in [1.54, 1.807) is 6.07 Å². The van der Waals surface area contributed by atoms with Crippen molar-refractivity contribution in [1.82, 2.24) is 15.2 Å². The number of hydrogen-bond acceptors (Lipinski definition) is 9. The molecule has 0 aliphatic carbocycles. The summed E-state index contributed by atoms with van der Waals surface area (Å²) in [6.07, 6.45) is 1.32. The molecule has 0 bridgehead atoms. The van der Waals surface area contributed by atoms with Gasteiger partial charge in [-0.15, -0.1) is 10.2 Å². The maximum Gasteiger partial charge on any atom is 0.315 e. The molecule has 32 heavy (non-hydrogen) atoms. The minimum Gasteiger partial charge on any atom is -0.493 e. The van der Waals surface area contributed by atoms with E-state index in [4.69, 9.17) is 9.47 Å². The number of nitrogens with one attached hydrogen (secondary N) is 2. The van der Waals surface area contributed by atoms with Gasteiger partial charge < -0.3 is 9.47 Å². The molecule has 0 radical (unpaired) electrons. The van der Waals surface area contributed by atoms with Crippen molar-refractivity contribution in [3.8, 4) is 11.5 Å². The molecule has 2 aromatic carbocycles. The predicted octanol–water partition coefficient (Wildman–Crippen LogP) is 3.03. The van der Waals surface area contributed by atoms with Gasteiger partial charge in [-0.25, -0.2) is 5.43 Å². The number of anilines is 1. The smallest absolute Gasteiger partial charge is 0.315 e. The van der Waals surface area contributed by atoms with Crippen LogP contribution in [0.2, 0.25) is 0 Å². The Morgan fingerprint density at radius 3 is 2.69 bits per heavy atom. The van der Waals surface area contributed by atoms with Gasteiger partial charge in [0.2, 0.25) is 11.7 Å². The molecule has 0 atom stereocenters. The van der Waals surface area contributed by atoms with Crippen LogP contribution in [0.25, 0.3) is 0 Å². The second-order valence-corrected chi connectivity index (χ2v) is 7.01. The van der Waals surface area contributed by atoms with Crippen molar-refractivity contribution in [3.05, 3.63) is 78.7 Å². The average Bonchev–Trinajstić information content (AvgIpc) is 2.76. The molecule has 0 spiro atoms. The zero-order valence-electron chi connectivity index (χ0n) is 18.0. The topological polar surface area (TPSA) is 145 Å². The molecule has 1 heterocycles. The molecule has 3 rings (SSSR count). The van der Waals surface area contributed by atoms with Crippen molar-refractivity contribution in [2.45, 2.75) is 27.4 Å². The maximum absolute atomic E-state index is 11.7. The van der Waals surface area contributed by atoms with E-state index in [-0.39, 0.29) is 35.4 Å². The highest BCUT2D eigenvalue weighted by atomic mass is 16.6. The molecule has 0 saturated heterocycles. The molecule has 0 saturated carbocycles. The van der Waals surface area contributed by atoms with Crippen LogP contribution in [0.4, 0.5) is 11.6 Å². The molecule has 3 aromatic rings. The molecule has 11 nitrogen and oxygen atoms in total. The van der Waals surface area contributed by atoms with Gasteiger partial charge >= 0.3 is 5.69 Å². The van der Waals surface area contributed by atoms with E-state index in [0.717, 1.165) is 16.7 Å². The van der Waals surface area contributed by atoms with Crippen LogP contribution in [0.15, 0.2) is 40.2 Å². The molecule has 2 N–H and O–H groups in total. The van der Waals surface area contributed by atoms with Crippen LogP contribution in [0.3, 0.4) is 0 Å². The summed E-state index contributed by atoms with van der Waals surface area (Å²) >= 11 is 0. The summed E-state index contributed by atoms with van der Waals surface area (Å²) in [5, 5.41) is 23.1. The highest BCUT2D eigenvalue weighted by molar-refractivity contribution is 5.83. The van der Waals surface area contributed by atoms with Crippen molar-refractivity contribution in [2.24, 2.45) is 5.10 Å². The SMILES string of the molecule is COc1cc(/C=N/Nc2nnc(C)c(=O)[nH]2)cc([N+](=O)[O-])c1OCc1cc(C)ccc1C. The number of aromatic amines is 1. The van der Waals surface area contributed by atoms with E-state index < -0.39 is 10.5 Å². The van der Waals surface area contributed by atoms with Crippen molar-refractivity contribution in [2.75, 3.05) is 12.5 Å². The average molecular weight is 438 g/mol. The van der Waals surface area contributed by atoms with Gasteiger partial charge in [0.1, 0.15) is 12.3 Å². The van der Waals surface area contributed by atoms with E-state index in [2.05, 4.69) is 25.7 Å². The molecule has 11 heteroatoms. The molecular formula is C21H22N6O5. The van der Waals surface area contributed by atoms with Gasteiger partial charge in [0.25, 0.3) is 5.56 Å². The molecule has 1 aromatic heterocycles. The number of nitrogens with zero attached hydrogens (tertiary/aromatic N) is 4. The summed E-state index contributed by atoms with van der Waals surface area (Å²) in [5.74, 6) is 0.249. The Morgan fingerprint density at radius 2 is 2.00 bits per heavy atom. The summed E-state index contributed by atoms with van der Waals surface area (Å²) in [5.41, 5.74) is 5.45. The first-order valence-electron chi connectivity index (χ1n) is 9.56. The number of ether oxygens (including phenoxy) is 2. The van der Waals surface area contributed by atoms with Gasteiger partial charge in [-0.1, -0.05) is 23.8 Å². The summed E-state index contributed by atoms with van der Waals surface area (Å²) in [6, 6.07) is 8.80. The number of aromatic nitrogens is 3. The Morgan fingerprint density at radius 1 is 1.22 bits per heavy atom. The van der Waals surface area contributed by atoms with Crippen LogP contribution in [0.1, 0.15) is 27.9 Å². The van der Waals surface area contributed by atoms with E-state index in [1.807, 2.05) is 32.0 Å². The number of hydrogen-bond donors (Lipinski definition) is 2. The quantitative estimate of drug-likeness (QED) is 0.310. The van der Waals surface area contributed by atoms with Crippen LogP contribution in [-0.4, -0.2) is 33.4 Å². The highest BCUT2D eigenvalue weighted by Crippen LogP contribution is 2.38. The second kappa shape index (κ2) is 9.69. The lowest BCUT2D eigenvalue weighted by atomic mass is 10.1. The second-order valence-electron chi connectivity index (χ2n) is 7.01. The van der Waals surface area contributed by atoms with Gasteiger partial charge in [0.05, 0.1) is 18.2 Å². The Kier molecular flexibility index (Phi) is 6.78. The van der Waals surface area contributed by atoms with Crippen LogP contribution >= 0.6 is 0 Å². The summed E-state index contributed by atoms with van der Waals surface area (Å²) in [4.78, 5) is 25.2. The van der Waals surface area contributed by atoms with Crippen LogP contribution < -0.4 is 20.5 Å². The number of hydrazone groups is 1. The Labute approximate surface area is 183 Å². The number of methoxy groups -OCH3 is 1. The number of nitro groups is 1. The van der Waals surface area contributed by atoms with Crippen LogP contribution in [-0.2, 0) is 6.61 Å². The van der Waals surface area contributed by atoms with Crippen LogP contribution in [0.5, 0.6) is 11.5 Å². The van der Waals surface area contributed by atoms with Gasteiger partial charge in [-0.2, -0.15) is 5.10 Å². The molecule has 166 valence electrons. The Hall–Kier alpha value is -4.28. The minimum absolute atomic E-state index is 0.0252. The molecule has 0 aliphatic rings. The lowest BCUT2D eigenvalue weighted by Crippen LogP contribution is -2.15. The van der Waals surface area contributed by atoms with Gasteiger partial charge in [-0.3, -0.25) is 19.9 Å². The fourth-order valence-corrected chi connectivity index (χ4v) is 2.83. The zero-order chi connectivity index (χ0) is 23.3. The third-order valence-electron chi connectivity index (χ3n) is 4.60. The zero-order valence-corrected chi connectivity index (χ0v) is 18.0. The summed E-state index contributed by atoms with van der Waals surface area (Å²) in [7, 11) is 1.40.